The maximum Gasteiger partial charge on any atom is 0.185 e. The van der Waals surface area contributed by atoms with Crippen molar-refractivity contribution in [2.45, 2.75) is 19.4 Å². The predicted octanol–water partition coefficient (Wildman–Crippen LogP) is 3.81. The third-order valence-corrected chi connectivity index (χ3v) is 5.00. The number of ether oxygens (including phenoxy) is 1. The number of piperidine rings is 1. The van der Waals surface area contributed by atoms with Gasteiger partial charge in [-0.25, -0.2) is 9.37 Å². The third-order valence-electron chi connectivity index (χ3n) is 4.09. The summed E-state index contributed by atoms with van der Waals surface area (Å²) in [5.41, 5.74) is 1.86. The molecule has 0 amide bonds. The molecule has 0 spiro atoms. The van der Waals surface area contributed by atoms with E-state index in [9.17, 15) is 4.39 Å². The summed E-state index contributed by atoms with van der Waals surface area (Å²) in [7, 11) is 1.77. The normalized spacial score (nSPS) is 22.5. The van der Waals surface area contributed by atoms with Gasteiger partial charge in [-0.05, 0) is 36.6 Å². The number of aromatic nitrogens is 1. The third kappa shape index (κ3) is 3.09. The Morgan fingerprint density at radius 3 is 2.81 bits per heavy atom. The molecule has 21 heavy (non-hydrogen) atoms. The Morgan fingerprint density at radius 2 is 2.10 bits per heavy atom. The van der Waals surface area contributed by atoms with Gasteiger partial charge in [0.2, 0.25) is 0 Å². The molecule has 5 heteroatoms. The van der Waals surface area contributed by atoms with Crippen molar-refractivity contribution in [2.24, 2.45) is 5.92 Å². The van der Waals surface area contributed by atoms with E-state index in [1.165, 1.54) is 12.1 Å². The molecule has 0 aliphatic carbocycles. The number of nitrogens with zero attached hydrogens (tertiary/aromatic N) is 2. The van der Waals surface area contributed by atoms with E-state index in [1.54, 1.807) is 30.6 Å². The molecule has 112 valence electrons. The molecule has 1 aliphatic rings. The second-order valence-electron chi connectivity index (χ2n) is 5.51. The number of halogens is 1. The van der Waals surface area contributed by atoms with Crippen molar-refractivity contribution < 1.29 is 9.13 Å². The molecule has 0 saturated carbocycles. The zero-order chi connectivity index (χ0) is 14.8. The SMILES string of the molecule is COC1CN(c2nc(-c3ccc(F)cc3)cs2)CCC1C. The Kier molecular flexibility index (Phi) is 4.22. The number of anilines is 1. The minimum Gasteiger partial charge on any atom is -0.379 e. The van der Waals surface area contributed by atoms with Crippen molar-refractivity contribution in [3.63, 3.8) is 0 Å². The van der Waals surface area contributed by atoms with Crippen molar-refractivity contribution in [2.75, 3.05) is 25.1 Å². The monoisotopic (exact) mass is 306 g/mol. The topological polar surface area (TPSA) is 25.4 Å². The van der Waals surface area contributed by atoms with Crippen molar-refractivity contribution in [3.8, 4) is 11.3 Å². The van der Waals surface area contributed by atoms with Gasteiger partial charge in [0.1, 0.15) is 5.82 Å². The minimum atomic E-state index is -0.220. The fourth-order valence-electron chi connectivity index (χ4n) is 2.68. The Balaban J connectivity index is 1.77. The quantitative estimate of drug-likeness (QED) is 0.862. The summed E-state index contributed by atoms with van der Waals surface area (Å²) in [6.07, 6.45) is 1.38. The van der Waals surface area contributed by atoms with Crippen molar-refractivity contribution in [3.05, 3.63) is 35.5 Å². The van der Waals surface area contributed by atoms with Gasteiger partial charge in [-0.1, -0.05) is 6.92 Å². The fourth-order valence-corrected chi connectivity index (χ4v) is 3.55. The van der Waals surface area contributed by atoms with Gasteiger partial charge in [0.15, 0.2) is 5.13 Å². The second kappa shape index (κ2) is 6.12. The maximum atomic E-state index is 13.0. The Bertz CT molecular complexity index is 599. The lowest BCUT2D eigenvalue weighted by molar-refractivity contribution is 0.0498. The van der Waals surface area contributed by atoms with E-state index in [0.29, 0.717) is 5.92 Å². The number of thiazole rings is 1. The van der Waals surface area contributed by atoms with E-state index >= 15 is 0 Å². The van der Waals surface area contributed by atoms with Gasteiger partial charge in [-0.15, -0.1) is 11.3 Å². The highest BCUT2D eigenvalue weighted by atomic mass is 32.1. The average Bonchev–Trinajstić information content (AvgIpc) is 2.98. The average molecular weight is 306 g/mol. The van der Waals surface area contributed by atoms with Crippen LogP contribution in [-0.2, 0) is 4.74 Å². The van der Waals surface area contributed by atoms with Gasteiger partial charge < -0.3 is 9.64 Å². The Labute approximate surface area is 128 Å². The standard InChI is InChI=1S/C16H19FN2OS/c1-11-7-8-19(9-15(11)20-2)16-18-14(10-21-16)12-3-5-13(17)6-4-12/h3-6,10-11,15H,7-9H2,1-2H3. The van der Waals surface area contributed by atoms with Gasteiger partial charge in [-0.2, -0.15) is 0 Å². The summed E-state index contributed by atoms with van der Waals surface area (Å²) in [5.74, 6) is 0.366. The smallest absolute Gasteiger partial charge is 0.185 e. The zero-order valence-corrected chi connectivity index (χ0v) is 13.1. The first-order valence-electron chi connectivity index (χ1n) is 7.16. The zero-order valence-electron chi connectivity index (χ0n) is 12.3. The Morgan fingerprint density at radius 1 is 1.33 bits per heavy atom. The van der Waals surface area contributed by atoms with E-state index in [2.05, 4.69) is 11.8 Å². The summed E-state index contributed by atoms with van der Waals surface area (Å²) >= 11 is 1.63. The van der Waals surface area contributed by atoms with Crippen molar-refractivity contribution in [1.82, 2.24) is 4.98 Å². The highest BCUT2D eigenvalue weighted by Crippen LogP contribution is 2.30. The lowest BCUT2D eigenvalue weighted by Gasteiger charge is -2.36. The molecule has 2 unspecified atom stereocenters. The molecular formula is C16H19FN2OS. The molecule has 3 rings (SSSR count). The van der Waals surface area contributed by atoms with Gasteiger partial charge in [0.05, 0.1) is 11.8 Å². The number of rotatable bonds is 3. The second-order valence-corrected chi connectivity index (χ2v) is 6.34. The molecule has 0 N–H and O–H groups in total. The lowest BCUT2D eigenvalue weighted by atomic mass is 9.96. The summed E-state index contributed by atoms with van der Waals surface area (Å²) in [6, 6.07) is 6.48. The molecule has 1 aromatic heterocycles. The Hall–Kier alpha value is -1.46. The highest BCUT2D eigenvalue weighted by molar-refractivity contribution is 7.14. The molecule has 1 aliphatic heterocycles. The first-order valence-corrected chi connectivity index (χ1v) is 8.04. The predicted molar refractivity (Wildman–Crippen MR) is 84.3 cm³/mol. The van der Waals surface area contributed by atoms with Crippen LogP contribution in [-0.4, -0.2) is 31.3 Å². The number of methoxy groups -OCH3 is 1. The minimum absolute atomic E-state index is 0.220. The molecule has 0 bridgehead atoms. The van der Waals surface area contributed by atoms with Crippen LogP contribution in [0.5, 0.6) is 0 Å². The van der Waals surface area contributed by atoms with Crippen LogP contribution in [0.1, 0.15) is 13.3 Å². The van der Waals surface area contributed by atoms with Crippen LogP contribution in [0.15, 0.2) is 29.6 Å². The van der Waals surface area contributed by atoms with Crippen LogP contribution in [0, 0.1) is 11.7 Å². The van der Waals surface area contributed by atoms with E-state index in [-0.39, 0.29) is 11.9 Å². The maximum absolute atomic E-state index is 13.0. The fraction of sp³-hybridized carbons (Fsp3) is 0.438. The number of hydrogen-bond acceptors (Lipinski definition) is 4. The van der Waals surface area contributed by atoms with Crippen LogP contribution in [0.2, 0.25) is 0 Å². The van der Waals surface area contributed by atoms with Gasteiger partial charge in [0, 0.05) is 31.1 Å². The van der Waals surface area contributed by atoms with Gasteiger partial charge >= 0.3 is 0 Å². The first-order chi connectivity index (χ1) is 10.2. The van der Waals surface area contributed by atoms with E-state index in [4.69, 9.17) is 9.72 Å². The molecular weight excluding hydrogens is 287 g/mol. The van der Waals surface area contributed by atoms with Crippen molar-refractivity contribution >= 4 is 16.5 Å². The highest BCUT2D eigenvalue weighted by Gasteiger charge is 2.27. The van der Waals surface area contributed by atoms with Gasteiger partial charge in [-0.3, -0.25) is 0 Å². The van der Waals surface area contributed by atoms with E-state index in [0.717, 1.165) is 35.9 Å². The summed E-state index contributed by atoms with van der Waals surface area (Å²) in [4.78, 5) is 6.98. The summed E-state index contributed by atoms with van der Waals surface area (Å²) < 4.78 is 18.5. The number of benzene rings is 1. The molecule has 1 saturated heterocycles. The first kappa shape index (κ1) is 14.5. The van der Waals surface area contributed by atoms with Crippen LogP contribution in [0.4, 0.5) is 9.52 Å². The molecule has 2 aromatic rings. The summed E-state index contributed by atoms with van der Waals surface area (Å²) in [5, 5.41) is 3.05. The van der Waals surface area contributed by atoms with Crippen molar-refractivity contribution in [1.29, 1.82) is 0 Å². The lowest BCUT2D eigenvalue weighted by Crippen LogP contribution is -2.43. The molecule has 1 fully saturated rings. The summed E-state index contributed by atoms with van der Waals surface area (Å²) in [6.45, 7) is 4.13. The molecule has 3 nitrogen and oxygen atoms in total. The molecule has 0 radical (unpaired) electrons. The largest absolute Gasteiger partial charge is 0.379 e. The molecule has 2 heterocycles. The van der Waals surface area contributed by atoms with E-state index in [1.807, 2.05) is 5.38 Å². The molecule has 1 aromatic carbocycles. The van der Waals surface area contributed by atoms with Crippen LogP contribution in [0.3, 0.4) is 0 Å². The van der Waals surface area contributed by atoms with Crippen LogP contribution < -0.4 is 4.90 Å². The van der Waals surface area contributed by atoms with Gasteiger partial charge in [0.25, 0.3) is 0 Å². The van der Waals surface area contributed by atoms with E-state index < -0.39 is 0 Å². The number of hydrogen-bond donors (Lipinski definition) is 0. The van der Waals surface area contributed by atoms with Crippen LogP contribution >= 0.6 is 11.3 Å². The van der Waals surface area contributed by atoms with Crippen LogP contribution in [0.25, 0.3) is 11.3 Å². The molecule has 2 atom stereocenters.